The van der Waals surface area contributed by atoms with Gasteiger partial charge in [-0.15, -0.1) is 0 Å². The van der Waals surface area contributed by atoms with Gasteiger partial charge in [0.1, 0.15) is 12.4 Å². The number of amides is 1. The Morgan fingerprint density at radius 2 is 1.84 bits per heavy atom. The molecule has 2 unspecified atom stereocenters. The van der Waals surface area contributed by atoms with Gasteiger partial charge in [-0.1, -0.05) is 36.4 Å². The number of pyridine rings is 1. The van der Waals surface area contributed by atoms with E-state index in [1.165, 1.54) is 43.0 Å². The molecule has 190 valence electrons. The third kappa shape index (κ3) is 4.11. The summed E-state index contributed by atoms with van der Waals surface area (Å²) in [4.78, 5) is 17.4. The summed E-state index contributed by atoms with van der Waals surface area (Å²) in [7, 11) is 0. The fraction of sp³-hybridized carbons (Fsp3) is 0.419. The van der Waals surface area contributed by atoms with Crippen molar-refractivity contribution in [3.63, 3.8) is 0 Å². The minimum atomic E-state index is -0.448. The Bertz CT molecular complexity index is 1340. The molecule has 4 aliphatic rings. The highest BCUT2D eigenvalue weighted by Crippen LogP contribution is 2.67. The maximum Gasteiger partial charge on any atom is 0.241 e. The molecule has 2 aromatic carbocycles. The fourth-order valence-electron chi connectivity index (χ4n) is 6.84. The second-order valence-electron chi connectivity index (χ2n) is 11.5. The molecule has 37 heavy (non-hydrogen) atoms. The average Bonchev–Trinajstić information content (AvgIpc) is 3.79. The highest BCUT2D eigenvalue weighted by molar-refractivity contribution is 5.95. The molecule has 0 radical (unpaired) electrons. The molecular formula is C31H32FN3O2. The number of hydrogen-bond donors (Lipinski definition) is 2. The van der Waals surface area contributed by atoms with Gasteiger partial charge in [0.25, 0.3) is 0 Å². The lowest BCUT2D eigenvalue weighted by Gasteiger charge is -2.23. The number of nitrogens with one attached hydrogen (secondary N) is 1. The van der Waals surface area contributed by atoms with Crippen LogP contribution in [0.5, 0.6) is 5.88 Å². The summed E-state index contributed by atoms with van der Waals surface area (Å²) >= 11 is 0. The third-order valence-electron chi connectivity index (χ3n) is 8.99. The molecule has 1 amide bonds. The van der Waals surface area contributed by atoms with Crippen LogP contribution in [0, 0.1) is 29.5 Å². The molecule has 0 spiro atoms. The molecule has 6 heteroatoms. The Labute approximate surface area is 216 Å². The van der Waals surface area contributed by atoms with Crippen LogP contribution < -0.4 is 15.8 Å². The largest absolute Gasteiger partial charge is 0.473 e. The van der Waals surface area contributed by atoms with Crippen LogP contribution >= 0.6 is 0 Å². The van der Waals surface area contributed by atoms with E-state index in [0.717, 1.165) is 29.7 Å². The van der Waals surface area contributed by atoms with Gasteiger partial charge in [0, 0.05) is 16.7 Å². The number of fused-ring (bicyclic) bond motifs is 3. The Kier molecular flexibility index (Phi) is 5.36. The van der Waals surface area contributed by atoms with Crippen molar-refractivity contribution in [3.8, 4) is 5.88 Å². The maximum atomic E-state index is 14.4. The van der Waals surface area contributed by atoms with E-state index in [1.807, 2.05) is 36.4 Å². The van der Waals surface area contributed by atoms with Crippen LogP contribution in [0.3, 0.4) is 0 Å². The van der Waals surface area contributed by atoms with Crippen molar-refractivity contribution in [2.24, 2.45) is 29.4 Å². The zero-order valence-corrected chi connectivity index (χ0v) is 20.8. The first-order chi connectivity index (χ1) is 18.0. The maximum absolute atomic E-state index is 14.4. The van der Waals surface area contributed by atoms with Gasteiger partial charge in [-0.3, -0.25) is 4.79 Å². The van der Waals surface area contributed by atoms with E-state index in [4.69, 9.17) is 10.5 Å². The number of carbonyl (C=O) groups excluding carboxylic acids is 1. The molecule has 3 atom stereocenters. The zero-order chi connectivity index (χ0) is 25.1. The quantitative estimate of drug-likeness (QED) is 0.417. The van der Waals surface area contributed by atoms with E-state index in [9.17, 15) is 9.18 Å². The minimum absolute atomic E-state index is 0.0763. The minimum Gasteiger partial charge on any atom is -0.473 e. The van der Waals surface area contributed by atoms with Gasteiger partial charge in [0.05, 0.1) is 12.2 Å². The Morgan fingerprint density at radius 1 is 1.08 bits per heavy atom. The van der Waals surface area contributed by atoms with E-state index in [0.29, 0.717) is 36.2 Å². The predicted molar refractivity (Wildman–Crippen MR) is 140 cm³/mol. The lowest BCUT2D eigenvalue weighted by molar-refractivity contribution is -0.118. The van der Waals surface area contributed by atoms with Crippen LogP contribution in [0.2, 0.25) is 0 Å². The van der Waals surface area contributed by atoms with Crippen LogP contribution in [0.15, 0.2) is 60.8 Å². The lowest BCUT2D eigenvalue weighted by atomic mass is 9.88. The summed E-state index contributed by atoms with van der Waals surface area (Å²) in [6.45, 7) is 0.383. The summed E-state index contributed by atoms with van der Waals surface area (Å²) in [5.41, 5.74) is 11.2. The Morgan fingerprint density at radius 3 is 2.57 bits per heavy atom. The smallest absolute Gasteiger partial charge is 0.241 e. The fourth-order valence-corrected chi connectivity index (χ4v) is 6.84. The molecule has 3 saturated carbocycles. The van der Waals surface area contributed by atoms with E-state index in [2.05, 4.69) is 22.4 Å². The molecule has 4 aliphatic carbocycles. The average molecular weight is 498 g/mol. The number of carbonyl (C=O) groups is 1. The van der Waals surface area contributed by atoms with Gasteiger partial charge in [0.2, 0.25) is 11.8 Å². The summed E-state index contributed by atoms with van der Waals surface area (Å²) in [6.07, 6.45) is 7.90. The van der Waals surface area contributed by atoms with Gasteiger partial charge >= 0.3 is 0 Å². The number of hydrogen-bond acceptors (Lipinski definition) is 4. The molecule has 0 bridgehead atoms. The molecular weight excluding hydrogens is 465 g/mol. The highest BCUT2D eigenvalue weighted by atomic mass is 19.1. The van der Waals surface area contributed by atoms with Gasteiger partial charge in [-0.25, -0.2) is 9.37 Å². The summed E-state index contributed by atoms with van der Waals surface area (Å²) < 4.78 is 20.5. The van der Waals surface area contributed by atoms with Crippen molar-refractivity contribution in [2.75, 3.05) is 5.32 Å². The second-order valence-corrected chi connectivity index (χ2v) is 11.5. The molecule has 3 aromatic rings. The van der Waals surface area contributed by atoms with Crippen LogP contribution in [0.25, 0.3) is 0 Å². The number of aromatic nitrogens is 1. The van der Waals surface area contributed by atoms with E-state index in [1.54, 1.807) is 6.07 Å². The number of anilines is 1. The Hall–Kier alpha value is -3.25. The van der Waals surface area contributed by atoms with Crippen LogP contribution in [-0.2, 0) is 23.2 Å². The first-order valence-corrected chi connectivity index (χ1v) is 13.6. The topological polar surface area (TPSA) is 77.2 Å². The summed E-state index contributed by atoms with van der Waals surface area (Å²) in [5.74, 6) is 2.02. The summed E-state index contributed by atoms with van der Waals surface area (Å²) in [5, 5.41) is 3.10. The predicted octanol–water partition coefficient (Wildman–Crippen LogP) is 5.36. The number of nitrogens with zero attached hydrogens (tertiary/aromatic N) is 1. The number of rotatable bonds is 9. The van der Waals surface area contributed by atoms with Crippen molar-refractivity contribution < 1.29 is 13.9 Å². The number of halogens is 1. The molecule has 3 fully saturated rings. The Balaban J connectivity index is 1.12. The molecule has 1 aromatic heterocycles. The number of ether oxygens (including phenoxy) is 1. The molecule has 0 aliphatic heterocycles. The standard InChI is InChI=1S/C31H32FN3O2/c32-23-14-26(30(34-16-23)37-17-18-4-2-1-3-5-18)31-15-22(31)12-21-13-24(10-11-25(21)31)35-29(36)28(33)27(19-6-7-19)20-8-9-20/h1-5,10-11,13-14,16,19-20,22,27-28H,6-9,12,15,17,33H2,(H,35,36)/t22?,28-,31?/m0/s1. The summed E-state index contributed by atoms with van der Waals surface area (Å²) in [6, 6.07) is 17.2. The number of benzene rings is 2. The van der Waals surface area contributed by atoms with Crippen molar-refractivity contribution >= 4 is 11.6 Å². The van der Waals surface area contributed by atoms with E-state index >= 15 is 0 Å². The molecule has 3 N–H and O–H groups in total. The van der Waals surface area contributed by atoms with Crippen molar-refractivity contribution in [1.29, 1.82) is 0 Å². The highest BCUT2D eigenvalue weighted by Gasteiger charge is 2.62. The van der Waals surface area contributed by atoms with Crippen molar-refractivity contribution in [3.05, 3.63) is 88.9 Å². The molecule has 0 saturated heterocycles. The van der Waals surface area contributed by atoms with Gasteiger partial charge < -0.3 is 15.8 Å². The van der Waals surface area contributed by atoms with E-state index in [-0.39, 0.29) is 17.1 Å². The van der Waals surface area contributed by atoms with Gasteiger partial charge in [-0.05, 0) is 97.1 Å². The van der Waals surface area contributed by atoms with Crippen LogP contribution in [-0.4, -0.2) is 16.9 Å². The van der Waals surface area contributed by atoms with Crippen LogP contribution in [0.4, 0.5) is 10.1 Å². The first-order valence-electron chi connectivity index (χ1n) is 13.6. The van der Waals surface area contributed by atoms with Crippen molar-refractivity contribution in [1.82, 2.24) is 4.98 Å². The van der Waals surface area contributed by atoms with Gasteiger partial charge in [0.15, 0.2) is 0 Å². The SMILES string of the molecule is N[C@H](C(=O)Nc1ccc2c(c1)CC1CC21c1cc(F)cnc1OCc1ccccc1)C(C1CC1)C1CC1. The number of nitrogens with two attached hydrogens (primary N) is 1. The third-order valence-corrected chi connectivity index (χ3v) is 8.99. The molecule has 5 nitrogen and oxygen atoms in total. The van der Waals surface area contributed by atoms with E-state index < -0.39 is 6.04 Å². The van der Waals surface area contributed by atoms with Gasteiger partial charge in [-0.2, -0.15) is 0 Å². The first kappa shape index (κ1) is 22.9. The van der Waals surface area contributed by atoms with Crippen molar-refractivity contribution in [2.45, 2.75) is 56.6 Å². The zero-order valence-electron chi connectivity index (χ0n) is 20.8. The molecule has 1 heterocycles. The normalized spacial score (nSPS) is 24.4. The molecule has 7 rings (SSSR count). The monoisotopic (exact) mass is 497 g/mol. The van der Waals surface area contributed by atoms with Crippen LogP contribution in [0.1, 0.15) is 54.4 Å². The second kappa shape index (κ2) is 8.66. The lowest BCUT2D eigenvalue weighted by Crippen LogP contribution is -2.43.